The molecule has 9 heavy (non-hydrogen) atoms. The van der Waals surface area contributed by atoms with Crippen LogP contribution in [0.25, 0.3) is 0 Å². The first-order valence-corrected chi connectivity index (χ1v) is 5.54. The molecular formula is C5H10O2S2. The Morgan fingerprint density at radius 3 is 2.00 bits per heavy atom. The van der Waals surface area contributed by atoms with Gasteiger partial charge < -0.3 is 0 Å². The Labute approximate surface area is 60.3 Å². The van der Waals surface area contributed by atoms with Crippen LogP contribution in [0.3, 0.4) is 0 Å². The normalized spacial score (nSPS) is 13.9. The molecule has 0 heterocycles. The van der Waals surface area contributed by atoms with Gasteiger partial charge in [0.15, 0.2) is 9.84 Å². The van der Waals surface area contributed by atoms with Gasteiger partial charge in [0.1, 0.15) is 0 Å². The van der Waals surface area contributed by atoms with E-state index in [0.717, 1.165) is 0 Å². The zero-order valence-corrected chi connectivity index (χ0v) is 7.34. The molecule has 0 radical (unpaired) electrons. The summed E-state index contributed by atoms with van der Waals surface area (Å²) >= 11 is 1.25. The summed E-state index contributed by atoms with van der Waals surface area (Å²) in [5, 5.41) is 0. The SMILES string of the molecule is C/C=C(/SC)S(C)(=O)=O. The van der Waals surface area contributed by atoms with Crippen molar-refractivity contribution in [3.63, 3.8) is 0 Å². The molecule has 0 N–H and O–H groups in total. The van der Waals surface area contributed by atoms with Gasteiger partial charge >= 0.3 is 0 Å². The van der Waals surface area contributed by atoms with Gasteiger partial charge in [-0.15, -0.1) is 11.8 Å². The van der Waals surface area contributed by atoms with Crippen molar-refractivity contribution in [1.82, 2.24) is 0 Å². The largest absolute Gasteiger partial charge is 0.223 e. The van der Waals surface area contributed by atoms with E-state index in [1.54, 1.807) is 19.3 Å². The van der Waals surface area contributed by atoms with E-state index in [2.05, 4.69) is 0 Å². The minimum atomic E-state index is -2.94. The van der Waals surface area contributed by atoms with Gasteiger partial charge in [-0.1, -0.05) is 6.08 Å². The maximum Gasteiger partial charge on any atom is 0.181 e. The lowest BCUT2D eigenvalue weighted by Gasteiger charge is -1.96. The van der Waals surface area contributed by atoms with Gasteiger partial charge in [-0.3, -0.25) is 0 Å². The third-order valence-electron chi connectivity index (χ3n) is 0.802. The molecule has 0 bridgehead atoms. The highest BCUT2D eigenvalue weighted by Gasteiger charge is 2.06. The Balaban J connectivity index is 4.56. The fourth-order valence-electron chi connectivity index (χ4n) is 0.483. The average Bonchev–Trinajstić information content (AvgIpc) is 1.65. The summed E-state index contributed by atoms with van der Waals surface area (Å²) in [5.41, 5.74) is 0. The zero-order valence-electron chi connectivity index (χ0n) is 5.71. The topological polar surface area (TPSA) is 34.1 Å². The molecule has 2 nitrogen and oxygen atoms in total. The van der Waals surface area contributed by atoms with E-state index >= 15 is 0 Å². The second kappa shape index (κ2) is 3.27. The molecule has 0 aliphatic rings. The van der Waals surface area contributed by atoms with Crippen LogP contribution in [0, 0.1) is 0 Å². The van der Waals surface area contributed by atoms with E-state index in [-0.39, 0.29) is 0 Å². The van der Waals surface area contributed by atoms with Gasteiger partial charge in [0.05, 0.1) is 4.24 Å². The van der Waals surface area contributed by atoms with Crippen LogP contribution in [-0.4, -0.2) is 20.9 Å². The highest BCUT2D eigenvalue weighted by Crippen LogP contribution is 2.16. The molecule has 0 amide bonds. The summed E-state index contributed by atoms with van der Waals surface area (Å²) in [6.45, 7) is 1.72. The summed E-state index contributed by atoms with van der Waals surface area (Å²) < 4.78 is 21.8. The molecule has 0 aromatic heterocycles. The molecule has 0 saturated carbocycles. The molecule has 0 atom stereocenters. The van der Waals surface area contributed by atoms with E-state index in [0.29, 0.717) is 4.24 Å². The monoisotopic (exact) mass is 166 g/mol. The van der Waals surface area contributed by atoms with E-state index in [1.165, 1.54) is 18.0 Å². The van der Waals surface area contributed by atoms with Crippen molar-refractivity contribution in [2.45, 2.75) is 6.92 Å². The van der Waals surface area contributed by atoms with Gasteiger partial charge in [-0.25, -0.2) is 8.42 Å². The van der Waals surface area contributed by atoms with Gasteiger partial charge in [0.2, 0.25) is 0 Å². The number of hydrogen-bond donors (Lipinski definition) is 0. The van der Waals surface area contributed by atoms with Crippen molar-refractivity contribution in [3.8, 4) is 0 Å². The Morgan fingerprint density at radius 1 is 1.56 bits per heavy atom. The van der Waals surface area contributed by atoms with Crippen LogP contribution in [0.5, 0.6) is 0 Å². The zero-order chi connectivity index (χ0) is 7.49. The second-order valence-corrected chi connectivity index (χ2v) is 4.67. The van der Waals surface area contributed by atoms with Crippen LogP contribution in [-0.2, 0) is 9.84 Å². The lowest BCUT2D eigenvalue weighted by Crippen LogP contribution is -1.95. The molecule has 0 aliphatic heterocycles. The van der Waals surface area contributed by atoms with Gasteiger partial charge in [0.25, 0.3) is 0 Å². The molecule has 0 saturated heterocycles. The molecule has 54 valence electrons. The van der Waals surface area contributed by atoms with Crippen LogP contribution >= 0.6 is 11.8 Å². The van der Waals surface area contributed by atoms with E-state index in [1.807, 2.05) is 0 Å². The van der Waals surface area contributed by atoms with Crippen molar-refractivity contribution in [2.24, 2.45) is 0 Å². The lowest BCUT2D eigenvalue weighted by molar-refractivity contribution is 0.609. The number of thioether (sulfide) groups is 1. The molecule has 0 aromatic rings. The van der Waals surface area contributed by atoms with Crippen LogP contribution in [0.1, 0.15) is 6.92 Å². The molecule has 0 fully saturated rings. The average molecular weight is 166 g/mol. The number of rotatable bonds is 2. The van der Waals surface area contributed by atoms with Crippen molar-refractivity contribution in [2.75, 3.05) is 12.5 Å². The highest BCUT2D eigenvalue weighted by atomic mass is 32.3. The first kappa shape index (κ1) is 9.04. The standard InChI is InChI=1S/C5H10O2S2/c1-4-5(8-2)9(3,6)7/h4H,1-3H3/b5-4-. The minimum absolute atomic E-state index is 0.433. The summed E-state index contributed by atoms with van der Waals surface area (Å²) in [4.78, 5) is 0. The van der Waals surface area contributed by atoms with Crippen LogP contribution in [0.15, 0.2) is 10.3 Å². The third kappa shape index (κ3) is 2.91. The number of allylic oxidation sites excluding steroid dienone is 1. The first-order valence-electron chi connectivity index (χ1n) is 2.42. The predicted molar refractivity (Wildman–Crippen MR) is 42.1 cm³/mol. The van der Waals surface area contributed by atoms with Crippen LogP contribution < -0.4 is 0 Å². The molecule has 4 heteroatoms. The van der Waals surface area contributed by atoms with Crippen molar-refractivity contribution in [1.29, 1.82) is 0 Å². The maximum atomic E-state index is 10.7. The van der Waals surface area contributed by atoms with Crippen molar-refractivity contribution in [3.05, 3.63) is 10.3 Å². The van der Waals surface area contributed by atoms with E-state index in [9.17, 15) is 8.42 Å². The Hall–Kier alpha value is 0.0400. The van der Waals surface area contributed by atoms with E-state index < -0.39 is 9.84 Å². The van der Waals surface area contributed by atoms with Crippen molar-refractivity contribution >= 4 is 21.6 Å². The molecule has 0 rings (SSSR count). The maximum absolute atomic E-state index is 10.7. The quantitative estimate of drug-likeness (QED) is 0.619. The second-order valence-electron chi connectivity index (χ2n) is 1.58. The minimum Gasteiger partial charge on any atom is -0.223 e. The van der Waals surface area contributed by atoms with Crippen LogP contribution in [0.4, 0.5) is 0 Å². The smallest absolute Gasteiger partial charge is 0.181 e. The predicted octanol–water partition coefficient (Wildman–Crippen LogP) is 1.26. The number of hydrogen-bond acceptors (Lipinski definition) is 3. The Morgan fingerprint density at radius 2 is 2.00 bits per heavy atom. The lowest BCUT2D eigenvalue weighted by atomic mass is 10.8. The highest BCUT2D eigenvalue weighted by molar-refractivity contribution is 8.18. The Kier molecular flexibility index (Phi) is 3.28. The number of sulfone groups is 1. The fraction of sp³-hybridized carbons (Fsp3) is 0.600. The Bertz CT molecular complexity index is 201. The van der Waals surface area contributed by atoms with Gasteiger partial charge in [-0.2, -0.15) is 0 Å². The molecule has 0 aliphatic carbocycles. The molecule has 0 aromatic carbocycles. The third-order valence-corrected chi connectivity index (χ3v) is 3.82. The summed E-state index contributed by atoms with van der Waals surface area (Å²) in [7, 11) is -2.94. The summed E-state index contributed by atoms with van der Waals surface area (Å²) in [5.74, 6) is 0. The summed E-state index contributed by atoms with van der Waals surface area (Å²) in [6, 6.07) is 0. The van der Waals surface area contributed by atoms with Crippen molar-refractivity contribution < 1.29 is 8.42 Å². The first-order chi connectivity index (χ1) is 4.02. The van der Waals surface area contributed by atoms with Gasteiger partial charge in [-0.05, 0) is 13.2 Å². The van der Waals surface area contributed by atoms with Crippen LogP contribution in [0.2, 0.25) is 0 Å². The molecular weight excluding hydrogens is 156 g/mol. The molecule has 0 unspecified atom stereocenters. The fourth-order valence-corrected chi connectivity index (χ4v) is 2.36. The summed E-state index contributed by atoms with van der Waals surface area (Å²) in [6.07, 6.45) is 4.55. The van der Waals surface area contributed by atoms with Gasteiger partial charge in [0, 0.05) is 6.26 Å². The van der Waals surface area contributed by atoms with E-state index in [4.69, 9.17) is 0 Å². The molecule has 0 spiro atoms.